The van der Waals surface area contributed by atoms with Crippen LogP contribution in [0.25, 0.3) is 0 Å². The molecule has 1 N–H and O–H groups in total. The molecule has 0 saturated carbocycles. The zero-order valence-corrected chi connectivity index (χ0v) is 10.6. The summed E-state index contributed by atoms with van der Waals surface area (Å²) < 4.78 is 41.1. The highest BCUT2D eigenvalue weighted by molar-refractivity contribution is 5.48. The lowest BCUT2D eigenvalue weighted by molar-refractivity contribution is -0.154. The van der Waals surface area contributed by atoms with E-state index in [1.807, 2.05) is 13.8 Å². The van der Waals surface area contributed by atoms with Crippen LogP contribution in [0, 0.1) is 6.92 Å². The molecule has 0 aromatic carbocycles. The number of aromatic nitrogens is 2. The molecular formula is C11H16F3N3O. The van der Waals surface area contributed by atoms with Crippen molar-refractivity contribution in [2.75, 3.05) is 18.5 Å². The van der Waals surface area contributed by atoms with E-state index in [1.165, 1.54) is 0 Å². The minimum absolute atomic E-state index is 0.0184. The summed E-state index contributed by atoms with van der Waals surface area (Å²) in [7, 11) is 0. The normalized spacial score (nSPS) is 11.4. The van der Waals surface area contributed by atoms with Gasteiger partial charge in [-0.25, -0.2) is 4.98 Å². The topological polar surface area (TPSA) is 47.0 Å². The lowest BCUT2D eigenvalue weighted by atomic mass is 10.3. The van der Waals surface area contributed by atoms with Crippen LogP contribution >= 0.6 is 0 Å². The number of hydrogen-bond acceptors (Lipinski definition) is 4. The van der Waals surface area contributed by atoms with Crippen LogP contribution in [0.15, 0.2) is 0 Å². The zero-order valence-electron chi connectivity index (χ0n) is 10.6. The smallest absolute Gasteiger partial charge is 0.422 e. The van der Waals surface area contributed by atoms with Crippen molar-refractivity contribution in [1.29, 1.82) is 0 Å². The van der Waals surface area contributed by atoms with Crippen molar-refractivity contribution in [3.63, 3.8) is 0 Å². The molecule has 4 nitrogen and oxygen atoms in total. The Morgan fingerprint density at radius 2 is 1.89 bits per heavy atom. The van der Waals surface area contributed by atoms with Gasteiger partial charge in [0.05, 0.1) is 5.56 Å². The Kier molecular flexibility index (Phi) is 4.75. The molecule has 0 spiro atoms. The van der Waals surface area contributed by atoms with Gasteiger partial charge in [-0.15, -0.1) is 0 Å². The summed E-state index contributed by atoms with van der Waals surface area (Å²) in [6, 6.07) is 0. The summed E-state index contributed by atoms with van der Waals surface area (Å²) in [6.45, 7) is 4.61. The maximum Gasteiger partial charge on any atom is 0.422 e. The summed E-state index contributed by atoms with van der Waals surface area (Å²) in [5.41, 5.74) is 0.485. The number of anilines is 1. The van der Waals surface area contributed by atoms with Gasteiger partial charge in [0, 0.05) is 13.0 Å². The van der Waals surface area contributed by atoms with Crippen molar-refractivity contribution in [2.24, 2.45) is 0 Å². The van der Waals surface area contributed by atoms with Crippen molar-refractivity contribution >= 4 is 5.82 Å². The molecule has 0 radical (unpaired) electrons. The van der Waals surface area contributed by atoms with E-state index in [2.05, 4.69) is 15.3 Å². The molecule has 0 fully saturated rings. The minimum Gasteiger partial charge on any atom is -0.468 e. The van der Waals surface area contributed by atoms with Crippen molar-refractivity contribution < 1.29 is 17.9 Å². The first kappa shape index (κ1) is 14.5. The maximum absolute atomic E-state index is 12.1. The molecule has 1 heterocycles. The number of nitrogens with one attached hydrogen (secondary N) is 1. The molecule has 0 unspecified atom stereocenters. The van der Waals surface area contributed by atoms with Gasteiger partial charge >= 0.3 is 6.18 Å². The predicted octanol–water partition coefficient (Wildman–Crippen LogP) is 2.72. The Hall–Kier alpha value is -1.53. The van der Waals surface area contributed by atoms with E-state index < -0.39 is 12.8 Å². The summed E-state index contributed by atoms with van der Waals surface area (Å²) in [4.78, 5) is 8.17. The van der Waals surface area contributed by atoms with Crippen LogP contribution in [0.4, 0.5) is 19.0 Å². The third-order valence-corrected chi connectivity index (χ3v) is 2.18. The molecule has 0 aliphatic heterocycles. The number of hydrogen-bond donors (Lipinski definition) is 1. The van der Waals surface area contributed by atoms with Crippen LogP contribution in [-0.4, -0.2) is 29.3 Å². The largest absolute Gasteiger partial charge is 0.468 e. The molecule has 0 atom stereocenters. The highest BCUT2D eigenvalue weighted by Gasteiger charge is 2.29. The van der Waals surface area contributed by atoms with Gasteiger partial charge in [-0.2, -0.15) is 18.2 Å². The second-order valence-electron chi connectivity index (χ2n) is 3.71. The second-order valence-corrected chi connectivity index (χ2v) is 3.71. The Balaban J connectivity index is 2.98. The first-order chi connectivity index (χ1) is 8.37. The zero-order chi connectivity index (χ0) is 13.8. The van der Waals surface area contributed by atoms with E-state index in [0.717, 1.165) is 0 Å². The molecule has 0 aliphatic rings. The Morgan fingerprint density at radius 1 is 1.22 bits per heavy atom. The number of ether oxygens (including phenoxy) is 1. The molecule has 0 amide bonds. The van der Waals surface area contributed by atoms with Crippen molar-refractivity contribution in [1.82, 2.24) is 9.97 Å². The molecular weight excluding hydrogens is 247 g/mol. The maximum atomic E-state index is 12.1. The average molecular weight is 263 g/mol. The highest BCUT2D eigenvalue weighted by atomic mass is 19.4. The van der Waals surface area contributed by atoms with Crippen LogP contribution in [0.5, 0.6) is 5.88 Å². The van der Waals surface area contributed by atoms with Gasteiger partial charge in [-0.1, -0.05) is 6.92 Å². The van der Waals surface area contributed by atoms with Crippen LogP contribution in [0.2, 0.25) is 0 Å². The lowest BCUT2D eigenvalue weighted by Gasteiger charge is -2.14. The third-order valence-electron chi connectivity index (χ3n) is 2.18. The number of nitrogens with zero attached hydrogens (tertiary/aromatic N) is 2. The Labute approximate surface area is 104 Å². The standard InChI is InChI=1S/C11H16F3N3O/c1-4-8-16-9(15-5-2)7(3)10(17-8)18-6-11(12,13)14/h4-6H2,1-3H3,(H,15,16,17). The quantitative estimate of drug-likeness (QED) is 0.887. The number of rotatable bonds is 5. The van der Waals surface area contributed by atoms with Crippen LogP contribution in [0.3, 0.4) is 0 Å². The summed E-state index contributed by atoms with van der Waals surface area (Å²) in [5, 5.41) is 2.98. The summed E-state index contributed by atoms with van der Waals surface area (Å²) >= 11 is 0. The Bertz CT molecular complexity index is 407. The third kappa shape index (κ3) is 4.05. The van der Waals surface area contributed by atoms with E-state index in [1.54, 1.807) is 6.92 Å². The van der Waals surface area contributed by atoms with E-state index in [4.69, 9.17) is 4.74 Å². The monoisotopic (exact) mass is 263 g/mol. The summed E-state index contributed by atoms with van der Waals surface area (Å²) in [5.74, 6) is 0.949. The fourth-order valence-electron chi connectivity index (χ4n) is 1.33. The molecule has 7 heteroatoms. The van der Waals surface area contributed by atoms with Gasteiger partial charge in [0.15, 0.2) is 6.61 Å². The molecule has 0 saturated heterocycles. The van der Waals surface area contributed by atoms with E-state index in [0.29, 0.717) is 30.2 Å². The fraction of sp³-hybridized carbons (Fsp3) is 0.636. The van der Waals surface area contributed by atoms with Crippen molar-refractivity contribution in [3.8, 4) is 5.88 Å². The molecule has 1 rings (SSSR count). The molecule has 0 aliphatic carbocycles. The molecule has 1 aromatic heterocycles. The highest BCUT2D eigenvalue weighted by Crippen LogP contribution is 2.24. The van der Waals surface area contributed by atoms with Crippen molar-refractivity contribution in [2.45, 2.75) is 33.4 Å². The molecule has 0 bridgehead atoms. The minimum atomic E-state index is -4.37. The van der Waals surface area contributed by atoms with Gasteiger partial charge in [0.1, 0.15) is 11.6 Å². The fourth-order valence-corrected chi connectivity index (χ4v) is 1.33. The van der Waals surface area contributed by atoms with Gasteiger partial charge < -0.3 is 10.1 Å². The SMILES string of the molecule is CCNc1nc(CC)nc(OCC(F)(F)F)c1C. The predicted molar refractivity (Wildman–Crippen MR) is 61.9 cm³/mol. The molecule has 1 aromatic rings. The number of halogens is 3. The van der Waals surface area contributed by atoms with Gasteiger partial charge in [-0.05, 0) is 13.8 Å². The van der Waals surface area contributed by atoms with Gasteiger partial charge in [0.2, 0.25) is 5.88 Å². The van der Waals surface area contributed by atoms with Crippen LogP contribution in [0.1, 0.15) is 25.2 Å². The number of aryl methyl sites for hydroxylation is 1. The Morgan fingerprint density at radius 3 is 2.39 bits per heavy atom. The van der Waals surface area contributed by atoms with Gasteiger partial charge in [0.25, 0.3) is 0 Å². The second kappa shape index (κ2) is 5.88. The lowest BCUT2D eigenvalue weighted by Crippen LogP contribution is -2.21. The first-order valence-electron chi connectivity index (χ1n) is 5.68. The first-order valence-corrected chi connectivity index (χ1v) is 5.68. The van der Waals surface area contributed by atoms with Gasteiger partial charge in [-0.3, -0.25) is 0 Å². The average Bonchev–Trinajstić information content (AvgIpc) is 2.29. The van der Waals surface area contributed by atoms with E-state index in [-0.39, 0.29) is 5.88 Å². The molecule has 102 valence electrons. The number of alkyl halides is 3. The van der Waals surface area contributed by atoms with Crippen LogP contribution < -0.4 is 10.1 Å². The van der Waals surface area contributed by atoms with E-state index in [9.17, 15) is 13.2 Å². The molecule has 18 heavy (non-hydrogen) atoms. The van der Waals surface area contributed by atoms with Crippen molar-refractivity contribution in [3.05, 3.63) is 11.4 Å². The van der Waals surface area contributed by atoms with E-state index >= 15 is 0 Å². The van der Waals surface area contributed by atoms with Crippen LogP contribution in [-0.2, 0) is 6.42 Å². The summed E-state index contributed by atoms with van der Waals surface area (Å²) in [6.07, 6.45) is -3.84.